The fourth-order valence-corrected chi connectivity index (χ4v) is 0.706. The molecule has 0 atom stereocenters. The van der Waals surface area contributed by atoms with E-state index in [-0.39, 0.29) is 5.78 Å². The number of likely N-dealkylation sites (N-methyl/N-ethyl adjacent to an activating group) is 1. The molecule has 0 saturated carbocycles. The lowest BCUT2D eigenvalue weighted by molar-refractivity contribution is -0.117. The highest BCUT2D eigenvalue weighted by Gasteiger charge is 1.99. The molecule has 0 rings (SSSR count). The van der Waals surface area contributed by atoms with Crippen LogP contribution in [0.5, 0.6) is 0 Å². The van der Waals surface area contributed by atoms with Gasteiger partial charge in [0.25, 0.3) is 0 Å². The first-order chi connectivity index (χ1) is 4.66. The average molecular weight is 145 g/mol. The van der Waals surface area contributed by atoms with Gasteiger partial charge in [-0.25, -0.2) is 0 Å². The summed E-state index contributed by atoms with van der Waals surface area (Å²) in [5.41, 5.74) is 0. The van der Waals surface area contributed by atoms with Crippen molar-refractivity contribution < 1.29 is 9.53 Å². The van der Waals surface area contributed by atoms with Gasteiger partial charge in [0.15, 0.2) is 0 Å². The van der Waals surface area contributed by atoms with E-state index in [1.807, 2.05) is 11.9 Å². The van der Waals surface area contributed by atoms with E-state index >= 15 is 0 Å². The Morgan fingerprint density at radius 1 is 1.60 bits per heavy atom. The maximum absolute atomic E-state index is 10.5. The molecule has 3 heteroatoms. The molecule has 10 heavy (non-hydrogen) atoms. The van der Waals surface area contributed by atoms with Crippen molar-refractivity contribution >= 4 is 5.78 Å². The molecule has 3 nitrogen and oxygen atoms in total. The predicted molar refractivity (Wildman–Crippen MR) is 40.1 cm³/mol. The third kappa shape index (κ3) is 5.72. The Balaban J connectivity index is 3.25. The maximum atomic E-state index is 10.5. The number of ether oxygens (including phenoxy) is 1. The molecule has 0 fully saturated rings. The molecule has 0 N–H and O–H groups in total. The molecule has 0 saturated heterocycles. The molecule has 0 aliphatic rings. The van der Waals surface area contributed by atoms with Gasteiger partial charge < -0.3 is 4.74 Å². The molecular weight excluding hydrogens is 130 g/mol. The highest BCUT2D eigenvalue weighted by atomic mass is 16.5. The summed E-state index contributed by atoms with van der Waals surface area (Å²) in [6, 6.07) is 0. The largest absolute Gasteiger partial charge is 0.383 e. The summed E-state index contributed by atoms with van der Waals surface area (Å²) in [6.45, 7) is 3.60. The summed E-state index contributed by atoms with van der Waals surface area (Å²) in [5.74, 6) is 0.193. The van der Waals surface area contributed by atoms with Crippen molar-refractivity contribution in [2.45, 2.75) is 6.92 Å². The zero-order chi connectivity index (χ0) is 7.98. The van der Waals surface area contributed by atoms with E-state index in [4.69, 9.17) is 4.74 Å². The van der Waals surface area contributed by atoms with Gasteiger partial charge in [-0.3, -0.25) is 9.69 Å². The van der Waals surface area contributed by atoms with Crippen LogP contribution in [-0.2, 0) is 9.53 Å². The van der Waals surface area contributed by atoms with Crippen molar-refractivity contribution in [3.05, 3.63) is 0 Å². The number of methoxy groups -OCH3 is 1. The van der Waals surface area contributed by atoms with Crippen LogP contribution in [0.25, 0.3) is 0 Å². The van der Waals surface area contributed by atoms with Crippen molar-refractivity contribution in [3.63, 3.8) is 0 Å². The normalized spacial score (nSPS) is 10.4. The zero-order valence-corrected chi connectivity index (χ0v) is 6.89. The molecule has 0 unspecified atom stereocenters. The number of ketones is 1. The Morgan fingerprint density at radius 2 is 2.20 bits per heavy atom. The summed E-state index contributed by atoms with van der Waals surface area (Å²) in [5, 5.41) is 0. The number of hydrogen-bond donors (Lipinski definition) is 0. The molecular formula is C7H15NO2. The second-order valence-electron chi connectivity index (χ2n) is 2.43. The average Bonchev–Trinajstić information content (AvgIpc) is 1.82. The Morgan fingerprint density at radius 3 is 2.60 bits per heavy atom. The second-order valence-corrected chi connectivity index (χ2v) is 2.43. The van der Waals surface area contributed by atoms with Crippen molar-refractivity contribution in [1.82, 2.24) is 4.90 Å². The zero-order valence-electron chi connectivity index (χ0n) is 6.89. The topological polar surface area (TPSA) is 29.5 Å². The Hall–Kier alpha value is -0.410. The van der Waals surface area contributed by atoms with Crippen LogP contribution in [0.15, 0.2) is 0 Å². The van der Waals surface area contributed by atoms with E-state index in [0.717, 1.165) is 6.54 Å². The van der Waals surface area contributed by atoms with Gasteiger partial charge in [0, 0.05) is 13.7 Å². The van der Waals surface area contributed by atoms with Crippen molar-refractivity contribution in [1.29, 1.82) is 0 Å². The van der Waals surface area contributed by atoms with Gasteiger partial charge in [0.2, 0.25) is 0 Å². The van der Waals surface area contributed by atoms with Gasteiger partial charge >= 0.3 is 0 Å². The summed E-state index contributed by atoms with van der Waals surface area (Å²) in [6.07, 6.45) is 0. The molecule has 0 amide bonds. The van der Waals surface area contributed by atoms with Gasteiger partial charge in [-0.05, 0) is 14.0 Å². The van der Waals surface area contributed by atoms with Gasteiger partial charge in [-0.2, -0.15) is 0 Å². The number of carbonyl (C=O) groups excluding carboxylic acids is 1. The van der Waals surface area contributed by atoms with E-state index in [9.17, 15) is 4.79 Å². The number of carbonyl (C=O) groups is 1. The van der Waals surface area contributed by atoms with E-state index in [1.165, 1.54) is 0 Å². The van der Waals surface area contributed by atoms with Gasteiger partial charge in [0.1, 0.15) is 5.78 Å². The number of Topliss-reactive ketones (excluding diaryl/α,β-unsaturated/α-hetero) is 1. The Bertz CT molecular complexity index is 104. The molecule has 0 radical (unpaired) electrons. The monoisotopic (exact) mass is 145 g/mol. The fourth-order valence-electron chi connectivity index (χ4n) is 0.706. The van der Waals surface area contributed by atoms with Crippen LogP contribution in [-0.4, -0.2) is 44.5 Å². The van der Waals surface area contributed by atoms with Crippen LogP contribution in [0.3, 0.4) is 0 Å². The quantitative estimate of drug-likeness (QED) is 0.551. The lowest BCUT2D eigenvalue weighted by Crippen LogP contribution is -2.27. The van der Waals surface area contributed by atoms with Gasteiger partial charge in [0.05, 0.1) is 13.2 Å². The molecule has 0 aromatic rings. The number of hydrogen-bond acceptors (Lipinski definition) is 3. The summed E-state index contributed by atoms with van der Waals surface area (Å²) in [7, 11) is 3.56. The standard InChI is InChI=1S/C7H15NO2/c1-7(9)6-8(2)4-5-10-3/h4-6H2,1-3H3. The summed E-state index contributed by atoms with van der Waals surface area (Å²) in [4.78, 5) is 12.5. The maximum Gasteiger partial charge on any atom is 0.143 e. The highest BCUT2D eigenvalue weighted by molar-refractivity contribution is 5.77. The minimum atomic E-state index is 0.193. The third-order valence-corrected chi connectivity index (χ3v) is 1.17. The molecule has 0 aromatic carbocycles. The van der Waals surface area contributed by atoms with Crippen molar-refractivity contribution in [3.8, 4) is 0 Å². The molecule has 0 spiro atoms. The molecule has 0 heterocycles. The summed E-state index contributed by atoms with van der Waals surface area (Å²) < 4.78 is 4.84. The SMILES string of the molecule is COCCN(C)CC(C)=O. The predicted octanol–water partition coefficient (Wildman–Crippen LogP) is 0.154. The molecule has 0 aliphatic carbocycles. The molecule has 0 bridgehead atoms. The van der Waals surface area contributed by atoms with Crippen LogP contribution in [0.1, 0.15) is 6.92 Å². The van der Waals surface area contributed by atoms with Crippen LogP contribution in [0.4, 0.5) is 0 Å². The summed E-state index contributed by atoms with van der Waals surface area (Å²) >= 11 is 0. The van der Waals surface area contributed by atoms with Crippen LogP contribution in [0.2, 0.25) is 0 Å². The highest BCUT2D eigenvalue weighted by Crippen LogP contribution is 1.82. The van der Waals surface area contributed by atoms with E-state index < -0.39 is 0 Å². The Kier molecular flexibility index (Phi) is 5.16. The van der Waals surface area contributed by atoms with Crippen LogP contribution < -0.4 is 0 Å². The van der Waals surface area contributed by atoms with Crippen LogP contribution in [0, 0.1) is 0 Å². The van der Waals surface area contributed by atoms with E-state index in [0.29, 0.717) is 13.2 Å². The third-order valence-electron chi connectivity index (χ3n) is 1.17. The lowest BCUT2D eigenvalue weighted by atomic mass is 10.4. The smallest absolute Gasteiger partial charge is 0.143 e. The van der Waals surface area contributed by atoms with E-state index in [2.05, 4.69) is 0 Å². The minimum Gasteiger partial charge on any atom is -0.383 e. The van der Waals surface area contributed by atoms with Gasteiger partial charge in [-0.1, -0.05) is 0 Å². The fraction of sp³-hybridized carbons (Fsp3) is 0.857. The molecule has 0 aliphatic heterocycles. The minimum absolute atomic E-state index is 0.193. The first-order valence-corrected chi connectivity index (χ1v) is 3.33. The molecule has 0 aromatic heterocycles. The second kappa shape index (κ2) is 5.38. The number of nitrogens with zero attached hydrogens (tertiary/aromatic N) is 1. The van der Waals surface area contributed by atoms with Crippen molar-refractivity contribution in [2.75, 3.05) is 33.9 Å². The van der Waals surface area contributed by atoms with Crippen molar-refractivity contribution in [2.24, 2.45) is 0 Å². The Labute approximate surface area is 62.0 Å². The van der Waals surface area contributed by atoms with Gasteiger partial charge in [-0.15, -0.1) is 0 Å². The molecule has 60 valence electrons. The lowest BCUT2D eigenvalue weighted by Gasteiger charge is -2.12. The first kappa shape index (κ1) is 9.59. The first-order valence-electron chi connectivity index (χ1n) is 3.33. The van der Waals surface area contributed by atoms with Crippen LogP contribution >= 0.6 is 0 Å². The van der Waals surface area contributed by atoms with E-state index in [1.54, 1.807) is 14.0 Å². The number of rotatable bonds is 5.